The van der Waals surface area contributed by atoms with Crippen LogP contribution in [-0.4, -0.2) is 11.6 Å². The van der Waals surface area contributed by atoms with Gasteiger partial charge in [-0.05, 0) is 5.56 Å². The van der Waals surface area contributed by atoms with Gasteiger partial charge in [-0.2, -0.15) is 0 Å². The molecule has 3 nitrogen and oxygen atoms in total. The minimum Gasteiger partial charge on any atom is -0.258 e. The van der Waals surface area contributed by atoms with Crippen LogP contribution in [0.15, 0.2) is 24.3 Å². The summed E-state index contributed by atoms with van der Waals surface area (Å²) in [7, 11) is 0. The minimum atomic E-state index is -0.485. The predicted octanol–water partition coefficient (Wildman–Crippen LogP) is 2.11. The molecule has 4 heteroatoms. The van der Waals surface area contributed by atoms with E-state index in [2.05, 4.69) is 0 Å². The van der Waals surface area contributed by atoms with Crippen LogP contribution in [0.2, 0.25) is 0 Å². The van der Waals surface area contributed by atoms with E-state index in [1.165, 1.54) is 12.1 Å². The van der Waals surface area contributed by atoms with Gasteiger partial charge < -0.3 is 0 Å². The van der Waals surface area contributed by atoms with Gasteiger partial charge in [0.2, 0.25) is 0 Å². The average molecular weight is 169 g/mol. The van der Waals surface area contributed by atoms with Crippen LogP contribution in [0.1, 0.15) is 5.56 Å². The minimum absolute atomic E-state index is 0.0148. The Morgan fingerprint density at radius 2 is 2.25 bits per heavy atom. The molecule has 0 aromatic heterocycles. The summed E-state index contributed by atoms with van der Waals surface area (Å²) in [6, 6.07) is 6.01. The molecule has 0 unspecified atom stereocenters. The summed E-state index contributed by atoms with van der Waals surface area (Å²) in [4.78, 5) is 9.78. The number of benzene rings is 1. The van der Waals surface area contributed by atoms with Crippen LogP contribution in [0.5, 0.6) is 0 Å². The van der Waals surface area contributed by atoms with Crippen molar-refractivity contribution in [2.45, 2.75) is 6.42 Å². The van der Waals surface area contributed by atoms with Crippen molar-refractivity contribution in [2.24, 2.45) is 0 Å². The van der Waals surface area contributed by atoms with Crippen molar-refractivity contribution in [3.8, 4) is 0 Å². The highest BCUT2D eigenvalue weighted by atomic mass is 19.1. The maximum Gasteiger partial charge on any atom is 0.269 e. The Bertz CT molecular complexity index is 288. The molecule has 12 heavy (non-hydrogen) atoms. The molecule has 0 spiro atoms. The summed E-state index contributed by atoms with van der Waals surface area (Å²) in [5, 5.41) is 10.3. The molecule has 1 aromatic rings. The standard InChI is InChI=1S/C8H8FNO2/c9-5-4-7-2-1-3-8(6-7)10(11)12/h1-3,6H,4-5H2. The van der Waals surface area contributed by atoms with Gasteiger partial charge in [-0.15, -0.1) is 0 Å². The van der Waals surface area contributed by atoms with E-state index in [0.29, 0.717) is 5.56 Å². The Hall–Kier alpha value is -1.45. The lowest BCUT2D eigenvalue weighted by molar-refractivity contribution is -0.384. The Balaban J connectivity index is 2.88. The van der Waals surface area contributed by atoms with Crippen LogP contribution in [-0.2, 0) is 6.42 Å². The van der Waals surface area contributed by atoms with Gasteiger partial charge >= 0.3 is 0 Å². The maximum atomic E-state index is 11.8. The Morgan fingerprint density at radius 3 is 2.83 bits per heavy atom. The van der Waals surface area contributed by atoms with Gasteiger partial charge in [0.05, 0.1) is 11.6 Å². The predicted molar refractivity (Wildman–Crippen MR) is 42.8 cm³/mol. The van der Waals surface area contributed by atoms with Crippen molar-refractivity contribution in [1.82, 2.24) is 0 Å². The molecule has 0 aliphatic carbocycles. The first kappa shape index (κ1) is 8.64. The molecule has 0 saturated heterocycles. The normalized spacial score (nSPS) is 9.75. The van der Waals surface area contributed by atoms with Crippen molar-refractivity contribution >= 4 is 5.69 Å². The number of nitro benzene ring substituents is 1. The van der Waals surface area contributed by atoms with E-state index in [4.69, 9.17) is 0 Å². The molecule has 64 valence electrons. The highest BCUT2D eigenvalue weighted by Crippen LogP contribution is 2.13. The largest absolute Gasteiger partial charge is 0.269 e. The first-order valence-corrected chi connectivity index (χ1v) is 3.53. The maximum absolute atomic E-state index is 11.8. The highest BCUT2D eigenvalue weighted by Gasteiger charge is 2.04. The fourth-order valence-corrected chi connectivity index (χ4v) is 0.935. The van der Waals surface area contributed by atoms with Crippen LogP contribution in [0.4, 0.5) is 10.1 Å². The third kappa shape index (κ3) is 2.02. The molecule has 1 rings (SSSR count). The third-order valence-electron chi connectivity index (χ3n) is 1.50. The van der Waals surface area contributed by atoms with E-state index >= 15 is 0 Å². The summed E-state index contributed by atoms with van der Waals surface area (Å²) >= 11 is 0. The number of alkyl halides is 1. The van der Waals surface area contributed by atoms with E-state index < -0.39 is 11.6 Å². The lowest BCUT2D eigenvalue weighted by atomic mass is 10.1. The smallest absolute Gasteiger partial charge is 0.258 e. The number of halogens is 1. The van der Waals surface area contributed by atoms with Crippen LogP contribution in [0.3, 0.4) is 0 Å². The fraction of sp³-hybridized carbons (Fsp3) is 0.250. The summed E-state index contributed by atoms with van der Waals surface area (Å²) in [5.74, 6) is 0. The summed E-state index contributed by atoms with van der Waals surface area (Å²) in [6.07, 6.45) is 0.238. The summed E-state index contributed by atoms with van der Waals surface area (Å²) < 4.78 is 11.8. The molecule has 1 aromatic carbocycles. The Morgan fingerprint density at radius 1 is 1.50 bits per heavy atom. The number of rotatable bonds is 3. The molecule has 0 amide bonds. The summed E-state index contributed by atoms with van der Waals surface area (Å²) in [5.41, 5.74) is 0.674. The molecule has 0 radical (unpaired) electrons. The lowest BCUT2D eigenvalue weighted by Crippen LogP contribution is -1.91. The topological polar surface area (TPSA) is 43.1 Å². The summed E-state index contributed by atoms with van der Waals surface area (Å²) in [6.45, 7) is -0.485. The second-order valence-corrected chi connectivity index (χ2v) is 2.37. The van der Waals surface area contributed by atoms with E-state index in [1.807, 2.05) is 0 Å². The Kier molecular flexibility index (Phi) is 2.74. The molecule has 0 atom stereocenters. The SMILES string of the molecule is O=[N+]([O-])c1cccc(CCF)c1. The quantitative estimate of drug-likeness (QED) is 0.513. The van der Waals surface area contributed by atoms with Gasteiger partial charge in [-0.25, -0.2) is 0 Å². The first-order valence-electron chi connectivity index (χ1n) is 3.53. The molecule has 0 aliphatic rings. The first-order chi connectivity index (χ1) is 5.74. The molecule has 0 N–H and O–H groups in total. The van der Waals surface area contributed by atoms with Crippen LogP contribution >= 0.6 is 0 Å². The second-order valence-electron chi connectivity index (χ2n) is 2.37. The monoisotopic (exact) mass is 169 g/mol. The van der Waals surface area contributed by atoms with Crippen molar-refractivity contribution in [3.63, 3.8) is 0 Å². The third-order valence-corrected chi connectivity index (χ3v) is 1.50. The zero-order chi connectivity index (χ0) is 8.97. The molecule has 0 bridgehead atoms. The van der Waals surface area contributed by atoms with Gasteiger partial charge in [0.25, 0.3) is 5.69 Å². The van der Waals surface area contributed by atoms with Crippen LogP contribution in [0.25, 0.3) is 0 Å². The number of nitro groups is 1. The van der Waals surface area contributed by atoms with Gasteiger partial charge in [-0.3, -0.25) is 14.5 Å². The fourth-order valence-electron chi connectivity index (χ4n) is 0.935. The van der Waals surface area contributed by atoms with Crippen molar-refractivity contribution in [1.29, 1.82) is 0 Å². The molecular weight excluding hydrogens is 161 g/mol. The molecule has 0 heterocycles. The van der Waals surface area contributed by atoms with Crippen molar-refractivity contribution in [2.75, 3.05) is 6.67 Å². The van der Waals surface area contributed by atoms with E-state index in [1.54, 1.807) is 12.1 Å². The lowest BCUT2D eigenvalue weighted by Gasteiger charge is -1.95. The number of hydrogen-bond acceptors (Lipinski definition) is 2. The van der Waals surface area contributed by atoms with Gasteiger partial charge in [-0.1, -0.05) is 12.1 Å². The van der Waals surface area contributed by atoms with Gasteiger partial charge in [0.15, 0.2) is 0 Å². The Labute approximate surface area is 69.0 Å². The molecule has 0 fully saturated rings. The number of nitrogens with zero attached hydrogens (tertiary/aromatic N) is 1. The number of hydrogen-bond donors (Lipinski definition) is 0. The average Bonchev–Trinajstić information content (AvgIpc) is 2.05. The number of non-ortho nitro benzene ring substituents is 1. The molecule has 0 saturated carbocycles. The van der Waals surface area contributed by atoms with Gasteiger partial charge in [0.1, 0.15) is 0 Å². The van der Waals surface area contributed by atoms with Crippen LogP contribution in [0, 0.1) is 10.1 Å². The zero-order valence-electron chi connectivity index (χ0n) is 6.37. The van der Waals surface area contributed by atoms with E-state index in [-0.39, 0.29) is 12.1 Å². The van der Waals surface area contributed by atoms with Crippen molar-refractivity contribution < 1.29 is 9.31 Å². The zero-order valence-corrected chi connectivity index (χ0v) is 6.37. The van der Waals surface area contributed by atoms with Gasteiger partial charge in [0, 0.05) is 18.6 Å². The highest BCUT2D eigenvalue weighted by molar-refractivity contribution is 5.34. The second kappa shape index (κ2) is 3.80. The van der Waals surface area contributed by atoms with Crippen LogP contribution < -0.4 is 0 Å². The number of aryl methyl sites for hydroxylation is 1. The molecular formula is C8H8FNO2. The molecule has 0 aliphatic heterocycles. The van der Waals surface area contributed by atoms with Crippen molar-refractivity contribution in [3.05, 3.63) is 39.9 Å². The van der Waals surface area contributed by atoms with E-state index in [9.17, 15) is 14.5 Å². The van der Waals surface area contributed by atoms with E-state index in [0.717, 1.165) is 0 Å².